The summed E-state index contributed by atoms with van der Waals surface area (Å²) in [6.07, 6.45) is -5.58. The summed E-state index contributed by atoms with van der Waals surface area (Å²) >= 11 is 0. The molecule has 0 spiro atoms. The zero-order valence-electron chi connectivity index (χ0n) is 23.9. The van der Waals surface area contributed by atoms with Gasteiger partial charge in [-0.2, -0.15) is 8.88 Å². The Bertz CT molecular complexity index is 1810. The van der Waals surface area contributed by atoms with Gasteiger partial charge in [-0.05, 0) is 6.07 Å². The number of phosphoric acid groups is 3. The quantitative estimate of drug-likeness (QED) is 0.0437. The number of carbonyl (C=O) groups excluding carboxylic acids is 3. The fraction of sp³-hybridized carbons (Fsp3) is 0.381. The molecule has 48 heavy (non-hydrogen) atoms. The summed E-state index contributed by atoms with van der Waals surface area (Å²) in [6, 6.07) is 2.67. The summed E-state index contributed by atoms with van der Waals surface area (Å²) in [5, 5.41) is 10.7. The van der Waals surface area contributed by atoms with Crippen molar-refractivity contribution in [2.45, 2.75) is 36.9 Å². The maximum Gasteiger partial charge on any atom is 0.481 e. The van der Waals surface area contributed by atoms with E-state index in [-0.39, 0.29) is 35.1 Å². The number of rotatable bonds is 17. The van der Waals surface area contributed by atoms with Crippen LogP contribution in [0.4, 0.5) is 5.82 Å². The third-order valence-corrected chi connectivity index (χ3v) is 9.35. The largest absolute Gasteiger partial charge is 0.481 e. The molecule has 1 aliphatic rings. The fourth-order valence-corrected chi connectivity index (χ4v) is 6.82. The van der Waals surface area contributed by atoms with Crippen LogP contribution >= 0.6 is 23.5 Å². The van der Waals surface area contributed by atoms with Crippen molar-refractivity contribution in [3.63, 3.8) is 0 Å². The zero-order chi connectivity index (χ0) is 35.4. The average Bonchev–Trinajstić information content (AvgIpc) is 3.56. The zero-order valence-corrected chi connectivity index (χ0v) is 26.5. The van der Waals surface area contributed by atoms with Gasteiger partial charge in [-0.15, -0.1) is 0 Å². The lowest BCUT2D eigenvalue weighted by atomic mass is 10.1. The molecule has 8 atom stereocenters. The number of nitrogen functional groups attached to an aromatic ring is 1. The first-order valence-corrected chi connectivity index (χ1v) is 17.5. The van der Waals surface area contributed by atoms with Crippen molar-refractivity contribution in [1.82, 2.24) is 19.5 Å². The highest BCUT2D eigenvalue weighted by atomic mass is 31.3. The highest BCUT2D eigenvalue weighted by Crippen LogP contribution is 2.60. The highest BCUT2D eigenvalue weighted by Gasteiger charge is 2.50. The molecule has 0 radical (unpaired) electrons. The van der Waals surface area contributed by atoms with Gasteiger partial charge in [-0.3, -0.25) is 27.7 Å². The molecule has 8 unspecified atom stereocenters. The predicted molar refractivity (Wildman–Crippen MR) is 150 cm³/mol. The average molecular weight is 742 g/mol. The molecule has 1 saturated heterocycles. The van der Waals surface area contributed by atoms with Gasteiger partial charge < -0.3 is 50.4 Å². The van der Waals surface area contributed by atoms with E-state index in [0.717, 1.165) is 28.0 Å². The maximum atomic E-state index is 12.5. The number of hydrogen-bond acceptors (Lipinski definition) is 17. The van der Waals surface area contributed by atoms with E-state index in [1.165, 1.54) is 18.3 Å². The summed E-state index contributed by atoms with van der Waals surface area (Å²) in [5.74, 6) is -0.906. The minimum Gasteiger partial charge on any atom is -0.387 e. The van der Waals surface area contributed by atoms with Crippen LogP contribution < -0.4 is 16.0 Å². The van der Waals surface area contributed by atoms with Crippen LogP contribution in [0.15, 0.2) is 37.2 Å². The first-order valence-electron chi connectivity index (χ1n) is 13.0. The molecule has 27 heteroatoms. The fourth-order valence-electron chi connectivity index (χ4n) is 4.18. The van der Waals surface area contributed by atoms with Gasteiger partial charge in [-0.1, -0.05) is 0 Å². The molecule has 4 rings (SSSR count). The first kappa shape index (κ1) is 37.4. The number of phosphoric ester groups is 3. The van der Waals surface area contributed by atoms with Gasteiger partial charge in [0.05, 0.1) is 19.5 Å². The number of aliphatic hydroxyl groups excluding tert-OH is 1. The van der Waals surface area contributed by atoms with Crippen LogP contribution in [0.5, 0.6) is 0 Å². The van der Waals surface area contributed by atoms with Crippen molar-refractivity contribution in [3.8, 4) is 0 Å². The second kappa shape index (κ2) is 15.0. The number of anilines is 1. The molecule has 0 aromatic carbocycles. The van der Waals surface area contributed by atoms with Crippen molar-refractivity contribution < 1.29 is 84.7 Å². The number of pyridine rings is 1. The van der Waals surface area contributed by atoms with Crippen LogP contribution in [-0.4, -0.2) is 100 Å². The molecule has 0 bridgehead atoms. The Balaban J connectivity index is 1.39. The lowest BCUT2D eigenvalue weighted by Gasteiger charge is -2.22. The molecule has 24 nitrogen and oxygen atoms in total. The van der Waals surface area contributed by atoms with Crippen molar-refractivity contribution >= 4 is 58.9 Å². The van der Waals surface area contributed by atoms with Crippen LogP contribution in [0, 0.1) is 0 Å². The van der Waals surface area contributed by atoms with Crippen molar-refractivity contribution in [2.75, 3.05) is 18.9 Å². The highest BCUT2D eigenvalue weighted by molar-refractivity contribution is 7.61. The number of amides is 1. The minimum absolute atomic E-state index is 0.00930. The van der Waals surface area contributed by atoms with Crippen LogP contribution in [0.2, 0.25) is 0 Å². The van der Waals surface area contributed by atoms with E-state index in [9.17, 15) is 52.8 Å². The Hall–Kier alpha value is -3.44. The summed E-state index contributed by atoms with van der Waals surface area (Å²) in [4.78, 5) is 84.9. The Morgan fingerprint density at radius 2 is 1.81 bits per heavy atom. The molecule has 0 aliphatic carbocycles. The Morgan fingerprint density at radius 1 is 1.10 bits per heavy atom. The van der Waals surface area contributed by atoms with Gasteiger partial charge >= 0.3 is 29.7 Å². The van der Waals surface area contributed by atoms with Gasteiger partial charge in [0.25, 0.3) is 5.91 Å². The number of fused-ring (bicyclic) bond motifs is 1. The number of hydrogen-bond donors (Lipinski definition) is 7. The topological polar surface area (TPSA) is 358 Å². The Labute approximate surface area is 267 Å². The molecule has 1 amide bonds. The van der Waals surface area contributed by atoms with Crippen LogP contribution in [-0.2, 0) is 50.6 Å². The van der Waals surface area contributed by atoms with Gasteiger partial charge in [0.1, 0.15) is 41.8 Å². The van der Waals surface area contributed by atoms with Crippen LogP contribution in [0.1, 0.15) is 22.8 Å². The van der Waals surface area contributed by atoms with Gasteiger partial charge in [-0.25, -0.2) is 28.6 Å². The molecule has 9 N–H and O–H groups in total. The number of carbonyl (C=O) groups is 3. The van der Waals surface area contributed by atoms with E-state index >= 15 is 0 Å². The Morgan fingerprint density at radius 3 is 2.46 bits per heavy atom. The lowest BCUT2D eigenvalue weighted by Crippen LogP contribution is -2.45. The number of aldehydes is 2. The van der Waals surface area contributed by atoms with E-state index in [1.807, 2.05) is 0 Å². The van der Waals surface area contributed by atoms with E-state index in [4.69, 9.17) is 20.9 Å². The van der Waals surface area contributed by atoms with Crippen molar-refractivity contribution in [3.05, 3.63) is 42.7 Å². The van der Waals surface area contributed by atoms with Crippen molar-refractivity contribution in [2.24, 2.45) is 5.73 Å². The Kier molecular flexibility index (Phi) is 11.7. The molecule has 3 aromatic heterocycles. The molecule has 0 saturated carbocycles. The number of nitrogens with two attached hydrogens (primary N) is 2. The van der Waals surface area contributed by atoms with Gasteiger partial charge in [0.15, 0.2) is 36.4 Å². The van der Waals surface area contributed by atoms with E-state index in [1.54, 1.807) is 0 Å². The van der Waals surface area contributed by atoms with Gasteiger partial charge in [0.2, 0.25) is 6.29 Å². The van der Waals surface area contributed by atoms with E-state index in [0.29, 0.717) is 0 Å². The minimum atomic E-state index is -5.56. The summed E-state index contributed by atoms with van der Waals surface area (Å²) in [7, 11) is -16.4. The number of aromatic nitrogens is 5. The second-order valence-corrected chi connectivity index (χ2v) is 13.8. The molecule has 262 valence electrons. The molecule has 1 fully saturated rings. The normalized spacial score (nSPS) is 23.6. The lowest BCUT2D eigenvalue weighted by molar-refractivity contribution is -0.746. The summed E-state index contributed by atoms with van der Waals surface area (Å²) in [6.45, 7) is -2.20. The molecular weight excluding hydrogens is 715 g/mol. The molecule has 1 aliphatic heterocycles. The smallest absolute Gasteiger partial charge is 0.387 e. The third-order valence-electron chi connectivity index (χ3n) is 6.23. The monoisotopic (exact) mass is 742 g/mol. The number of nitrogens with zero attached hydrogens (tertiary/aromatic N) is 5. The predicted octanol–water partition coefficient (Wildman–Crippen LogP) is -2.24. The van der Waals surface area contributed by atoms with Crippen molar-refractivity contribution in [1.29, 1.82) is 0 Å². The second-order valence-electron chi connectivity index (χ2n) is 9.55. The SMILES string of the molecule is NC(=O)c1ccc[n+](C(C=O)OC(C=O)COP(=O)(O)OP(=O)(O)OCC2OC(n3cnc4c(N)ncnc43)C(OP(=O)(O)O)C2O)c1. The molecule has 4 heterocycles. The standard InChI is InChI=1S/C21H26N7O17P3/c22-18-15-20(25-9-24-18)28(10-26-15)21-17(44-46(33,34)35)16(31)13(43-21)8-41-48(38,39)45-47(36,37)40-7-12(5-29)42-14(6-30)27-3-1-2-11(4-27)19(23)32/h1-6,9-10,12-14,16-17,21,31H,7-8H2,(H7-,22,23,24,25,32,33,34,35,36,37,38,39)/p+1. The van der Waals surface area contributed by atoms with E-state index < -0.39 is 79.5 Å². The van der Waals surface area contributed by atoms with Gasteiger partial charge in [0, 0.05) is 6.07 Å². The number of aliphatic hydroxyl groups is 1. The first-order chi connectivity index (χ1) is 22.4. The summed E-state index contributed by atoms with van der Waals surface area (Å²) < 4.78 is 67.5. The molecular formula is C21H27N7O17P3+. The number of imidazole rings is 1. The van der Waals surface area contributed by atoms with Crippen LogP contribution in [0.3, 0.4) is 0 Å². The number of primary amides is 1. The van der Waals surface area contributed by atoms with Crippen LogP contribution in [0.25, 0.3) is 11.2 Å². The maximum absolute atomic E-state index is 12.5. The summed E-state index contributed by atoms with van der Waals surface area (Å²) in [5.41, 5.74) is 11.0. The molecule has 3 aromatic rings. The van der Waals surface area contributed by atoms with E-state index in [2.05, 4.69) is 32.8 Å². The third kappa shape index (κ3) is 9.37. The number of ether oxygens (including phenoxy) is 2.